The molecular formula is C8H6Cl2F3NO. The van der Waals surface area contributed by atoms with Crippen molar-refractivity contribution >= 4 is 28.9 Å². The number of benzene rings is 1. The van der Waals surface area contributed by atoms with Gasteiger partial charge in [-0.2, -0.15) is 8.78 Å². The second-order valence-corrected chi connectivity index (χ2v) is 3.44. The second-order valence-electron chi connectivity index (χ2n) is 2.65. The predicted molar refractivity (Wildman–Crippen MR) is 52.2 cm³/mol. The topological polar surface area (TPSA) is 35.2 Å². The number of anilines is 1. The summed E-state index contributed by atoms with van der Waals surface area (Å²) >= 11 is 10.1. The fraction of sp³-hybridized carbons (Fsp3) is 0.250. The highest BCUT2D eigenvalue weighted by Gasteiger charge is 2.42. The number of halogens is 5. The van der Waals surface area contributed by atoms with E-state index in [4.69, 9.17) is 17.3 Å². The first-order chi connectivity index (χ1) is 6.83. The molecule has 1 atom stereocenters. The van der Waals surface area contributed by atoms with Gasteiger partial charge >= 0.3 is 6.11 Å². The Bertz CT molecular complexity index is 360. The first kappa shape index (κ1) is 12.3. The summed E-state index contributed by atoms with van der Waals surface area (Å²) in [6, 6.07) is 3.69. The van der Waals surface area contributed by atoms with Crippen LogP contribution in [0.25, 0.3) is 0 Å². The first-order valence-corrected chi connectivity index (χ1v) is 4.54. The summed E-state index contributed by atoms with van der Waals surface area (Å²) in [4.78, 5) is 0. The lowest BCUT2D eigenvalue weighted by Gasteiger charge is -2.18. The van der Waals surface area contributed by atoms with E-state index in [2.05, 4.69) is 16.3 Å². The van der Waals surface area contributed by atoms with Gasteiger partial charge in [-0.25, -0.2) is 4.39 Å². The van der Waals surface area contributed by atoms with Gasteiger partial charge in [-0.05, 0) is 12.1 Å². The zero-order valence-electron chi connectivity index (χ0n) is 7.18. The molecule has 0 aliphatic rings. The minimum absolute atomic E-state index is 0.110. The van der Waals surface area contributed by atoms with Crippen LogP contribution in [0.15, 0.2) is 18.2 Å². The van der Waals surface area contributed by atoms with Crippen LogP contribution >= 0.6 is 23.2 Å². The third-order valence-corrected chi connectivity index (χ3v) is 2.02. The first-order valence-electron chi connectivity index (χ1n) is 3.73. The van der Waals surface area contributed by atoms with Crippen molar-refractivity contribution in [2.75, 3.05) is 5.73 Å². The Labute approximate surface area is 93.7 Å². The predicted octanol–water partition coefficient (Wildman–Crippen LogP) is 3.43. The molecular weight excluding hydrogens is 254 g/mol. The third kappa shape index (κ3) is 3.07. The van der Waals surface area contributed by atoms with Crippen molar-refractivity contribution in [1.82, 2.24) is 0 Å². The molecule has 0 radical (unpaired) electrons. The van der Waals surface area contributed by atoms with E-state index < -0.39 is 17.5 Å². The van der Waals surface area contributed by atoms with Gasteiger partial charge in [0.2, 0.25) is 0 Å². The summed E-state index contributed by atoms with van der Waals surface area (Å²) < 4.78 is 41.7. The van der Waals surface area contributed by atoms with Crippen molar-refractivity contribution in [3.63, 3.8) is 0 Å². The molecule has 15 heavy (non-hydrogen) atoms. The van der Waals surface area contributed by atoms with Gasteiger partial charge in [0, 0.05) is 11.8 Å². The Morgan fingerprint density at radius 2 is 2.00 bits per heavy atom. The number of nitrogen functional groups attached to an aromatic ring is 1. The molecule has 0 aliphatic carbocycles. The summed E-state index contributed by atoms with van der Waals surface area (Å²) in [5.41, 5.74) is 2.51. The Morgan fingerprint density at radius 1 is 1.40 bits per heavy atom. The van der Waals surface area contributed by atoms with Crippen molar-refractivity contribution in [3.8, 4) is 5.75 Å². The molecule has 0 aliphatic heterocycles. The minimum Gasteiger partial charge on any atom is -0.428 e. The van der Waals surface area contributed by atoms with Crippen molar-refractivity contribution in [3.05, 3.63) is 23.2 Å². The molecule has 0 amide bonds. The van der Waals surface area contributed by atoms with Gasteiger partial charge < -0.3 is 10.5 Å². The average molecular weight is 260 g/mol. The molecule has 1 aromatic carbocycles. The lowest BCUT2D eigenvalue weighted by atomic mass is 10.3. The fourth-order valence-corrected chi connectivity index (χ4v) is 0.990. The molecule has 0 aromatic heterocycles. The van der Waals surface area contributed by atoms with E-state index in [1.165, 1.54) is 12.1 Å². The molecule has 0 fully saturated rings. The highest BCUT2D eigenvalue weighted by Crippen LogP contribution is 2.34. The summed E-state index contributed by atoms with van der Waals surface area (Å²) in [6.07, 6.45) is -4.15. The standard InChI is InChI=1S/C8H6Cl2F3NO/c9-5-2-1-4(14)3-6(5)15-8(12,13)7(10)11/h1-3,7H,14H2. The highest BCUT2D eigenvalue weighted by molar-refractivity contribution is 6.32. The van der Waals surface area contributed by atoms with E-state index in [0.29, 0.717) is 0 Å². The molecule has 2 N–H and O–H groups in total. The Morgan fingerprint density at radius 3 is 2.53 bits per heavy atom. The van der Waals surface area contributed by atoms with Gasteiger partial charge in [0.05, 0.1) is 5.02 Å². The van der Waals surface area contributed by atoms with Gasteiger partial charge in [-0.3, -0.25) is 0 Å². The van der Waals surface area contributed by atoms with E-state index in [-0.39, 0.29) is 10.7 Å². The van der Waals surface area contributed by atoms with Gasteiger partial charge in [-0.1, -0.05) is 23.2 Å². The van der Waals surface area contributed by atoms with Gasteiger partial charge in [0.25, 0.3) is 5.63 Å². The van der Waals surface area contributed by atoms with E-state index in [1.807, 2.05) is 0 Å². The molecule has 0 spiro atoms. The highest BCUT2D eigenvalue weighted by atomic mass is 35.5. The van der Waals surface area contributed by atoms with Crippen molar-refractivity contribution in [2.24, 2.45) is 0 Å². The average Bonchev–Trinajstić information content (AvgIpc) is 2.10. The normalized spacial score (nSPS) is 13.7. The van der Waals surface area contributed by atoms with Crippen LogP contribution in [0.1, 0.15) is 0 Å². The number of ether oxygens (including phenoxy) is 1. The van der Waals surface area contributed by atoms with Crippen molar-refractivity contribution < 1.29 is 17.9 Å². The Hall–Kier alpha value is -0.810. The van der Waals surface area contributed by atoms with Crippen molar-refractivity contribution in [1.29, 1.82) is 0 Å². The van der Waals surface area contributed by atoms with Crippen LogP contribution < -0.4 is 10.5 Å². The van der Waals surface area contributed by atoms with Crippen LogP contribution in [0.5, 0.6) is 5.75 Å². The zero-order chi connectivity index (χ0) is 11.6. The van der Waals surface area contributed by atoms with Crippen LogP contribution in [-0.2, 0) is 0 Å². The molecule has 1 aromatic rings. The molecule has 0 bridgehead atoms. The number of nitrogens with two attached hydrogens (primary N) is 1. The molecule has 84 valence electrons. The second kappa shape index (κ2) is 4.37. The fourth-order valence-electron chi connectivity index (χ4n) is 0.789. The monoisotopic (exact) mass is 259 g/mol. The quantitative estimate of drug-likeness (QED) is 0.667. The van der Waals surface area contributed by atoms with Crippen LogP contribution in [0.2, 0.25) is 5.02 Å². The smallest absolute Gasteiger partial charge is 0.428 e. The Balaban J connectivity index is 2.94. The number of rotatable bonds is 3. The lowest BCUT2D eigenvalue weighted by Crippen LogP contribution is -2.32. The summed E-state index contributed by atoms with van der Waals surface area (Å²) in [5.74, 6) is -0.426. The maximum absolute atomic E-state index is 12.7. The number of alkyl halides is 4. The van der Waals surface area contributed by atoms with E-state index >= 15 is 0 Å². The van der Waals surface area contributed by atoms with E-state index in [9.17, 15) is 13.2 Å². The molecule has 2 nitrogen and oxygen atoms in total. The maximum atomic E-state index is 12.7. The lowest BCUT2D eigenvalue weighted by molar-refractivity contribution is -0.198. The van der Waals surface area contributed by atoms with Crippen LogP contribution in [0, 0.1) is 0 Å². The zero-order valence-corrected chi connectivity index (χ0v) is 8.70. The summed E-state index contributed by atoms with van der Waals surface area (Å²) in [7, 11) is 0. The van der Waals surface area contributed by atoms with Gasteiger partial charge in [0.1, 0.15) is 5.75 Å². The van der Waals surface area contributed by atoms with Gasteiger partial charge in [-0.15, -0.1) is 0 Å². The number of hydrogen-bond acceptors (Lipinski definition) is 2. The maximum Gasteiger partial charge on any atom is 0.444 e. The molecule has 0 saturated heterocycles. The minimum atomic E-state index is -4.15. The SMILES string of the molecule is Nc1ccc(Cl)c(OC(F)(F)C(F)Cl)c1. The van der Waals surface area contributed by atoms with E-state index in [1.54, 1.807) is 0 Å². The number of hydrogen-bond donors (Lipinski definition) is 1. The summed E-state index contributed by atoms with van der Waals surface area (Å²) in [6.45, 7) is 0. The van der Waals surface area contributed by atoms with Crippen LogP contribution in [-0.4, -0.2) is 11.7 Å². The van der Waals surface area contributed by atoms with E-state index in [0.717, 1.165) is 6.07 Å². The third-order valence-electron chi connectivity index (χ3n) is 1.46. The summed E-state index contributed by atoms with van der Waals surface area (Å²) in [5, 5.41) is -0.110. The molecule has 0 saturated carbocycles. The molecule has 0 heterocycles. The molecule has 1 rings (SSSR count). The molecule has 1 unspecified atom stereocenters. The largest absolute Gasteiger partial charge is 0.444 e. The molecule has 7 heteroatoms. The van der Waals surface area contributed by atoms with Crippen molar-refractivity contribution in [2.45, 2.75) is 11.7 Å². The van der Waals surface area contributed by atoms with Gasteiger partial charge in [0.15, 0.2) is 0 Å². The van der Waals surface area contributed by atoms with Crippen LogP contribution in [0.3, 0.4) is 0 Å². The van der Waals surface area contributed by atoms with Crippen LogP contribution in [0.4, 0.5) is 18.9 Å². The Kier molecular flexibility index (Phi) is 3.57.